The van der Waals surface area contributed by atoms with E-state index in [0.29, 0.717) is 17.1 Å². The van der Waals surface area contributed by atoms with Crippen LogP contribution in [0, 0.1) is 10.1 Å². The molecular formula is C23H27F3N2O4. The van der Waals surface area contributed by atoms with Crippen LogP contribution in [0.1, 0.15) is 50.6 Å². The van der Waals surface area contributed by atoms with Gasteiger partial charge in [-0.15, -0.1) is 0 Å². The zero-order chi connectivity index (χ0) is 23.7. The van der Waals surface area contributed by atoms with Crippen LogP contribution < -0.4 is 9.64 Å². The first kappa shape index (κ1) is 25.2. The fourth-order valence-electron chi connectivity index (χ4n) is 3.64. The molecule has 0 fully saturated rings. The van der Waals surface area contributed by atoms with Crippen LogP contribution in [0.2, 0.25) is 0 Å². The molecule has 2 aromatic carbocycles. The molecule has 1 amide bonds. The van der Waals surface area contributed by atoms with Gasteiger partial charge < -0.3 is 4.74 Å². The van der Waals surface area contributed by atoms with E-state index in [4.69, 9.17) is 4.74 Å². The molecule has 0 unspecified atom stereocenters. The minimum Gasteiger partial charge on any atom is -0.497 e. The highest BCUT2D eigenvalue weighted by Gasteiger charge is 2.49. The number of amides is 1. The maximum absolute atomic E-state index is 13.6. The minimum absolute atomic E-state index is 0.0460. The third-order valence-electron chi connectivity index (χ3n) is 5.22. The Bertz CT molecular complexity index is 873. The van der Waals surface area contributed by atoms with Crippen LogP contribution in [0.4, 0.5) is 18.9 Å². The van der Waals surface area contributed by atoms with E-state index in [9.17, 15) is 28.1 Å². The fraction of sp³-hybridized carbons (Fsp3) is 0.435. The highest BCUT2D eigenvalue weighted by atomic mass is 19.4. The van der Waals surface area contributed by atoms with E-state index in [0.717, 1.165) is 19.3 Å². The molecule has 0 saturated carbocycles. The van der Waals surface area contributed by atoms with Crippen molar-refractivity contribution >= 4 is 11.6 Å². The van der Waals surface area contributed by atoms with Gasteiger partial charge in [-0.1, -0.05) is 56.5 Å². The van der Waals surface area contributed by atoms with Gasteiger partial charge in [0.1, 0.15) is 11.8 Å². The summed E-state index contributed by atoms with van der Waals surface area (Å²) in [6.07, 6.45) is -2.20. The molecule has 0 radical (unpaired) electrons. The van der Waals surface area contributed by atoms with Gasteiger partial charge in [0.05, 0.1) is 7.11 Å². The number of carbonyl (C=O) groups is 1. The minimum atomic E-state index is -5.21. The second-order valence-corrected chi connectivity index (χ2v) is 7.43. The van der Waals surface area contributed by atoms with Gasteiger partial charge in [-0.25, -0.2) is 0 Å². The number of nitrogens with zero attached hydrogens (tertiary/aromatic N) is 2. The Kier molecular flexibility index (Phi) is 9.04. The standard InChI is InChI=1S/C23H27F3N2O4/c1-3-4-5-9-12-20(28(30)31)21(17-10-7-6-8-11-17)27(22(29)23(24,25)26)18-13-15-19(32-2)16-14-18/h6-8,10-11,13-16,20-21H,3-5,9,12H2,1-2H3/t20-,21+/m0/s1. The Balaban J connectivity index is 2.62. The Morgan fingerprint density at radius 1 is 1.06 bits per heavy atom. The number of benzene rings is 2. The summed E-state index contributed by atoms with van der Waals surface area (Å²) in [5, 5.41) is 12.1. The number of carbonyl (C=O) groups excluding carboxylic acids is 1. The highest BCUT2D eigenvalue weighted by molar-refractivity contribution is 5.98. The molecule has 2 rings (SSSR count). The van der Waals surface area contributed by atoms with Crippen LogP contribution in [0.15, 0.2) is 54.6 Å². The predicted octanol–water partition coefficient (Wildman–Crippen LogP) is 5.95. The van der Waals surface area contributed by atoms with E-state index in [1.165, 1.54) is 43.5 Å². The van der Waals surface area contributed by atoms with Crippen molar-refractivity contribution in [2.24, 2.45) is 0 Å². The Hall–Kier alpha value is -3.10. The van der Waals surface area contributed by atoms with Gasteiger partial charge in [-0.05, 0) is 36.2 Å². The Morgan fingerprint density at radius 3 is 2.19 bits per heavy atom. The summed E-state index contributed by atoms with van der Waals surface area (Å²) in [5.74, 6) is -1.77. The number of nitro groups is 1. The molecule has 0 spiro atoms. The van der Waals surface area contributed by atoms with E-state index < -0.39 is 29.1 Å². The van der Waals surface area contributed by atoms with Crippen LogP contribution >= 0.6 is 0 Å². The molecule has 2 atom stereocenters. The van der Waals surface area contributed by atoms with Gasteiger partial charge in [0.25, 0.3) is 0 Å². The molecule has 6 nitrogen and oxygen atoms in total. The van der Waals surface area contributed by atoms with E-state index >= 15 is 0 Å². The average Bonchev–Trinajstić information content (AvgIpc) is 2.77. The van der Waals surface area contributed by atoms with Gasteiger partial charge in [0.2, 0.25) is 6.04 Å². The molecule has 9 heteroatoms. The summed E-state index contributed by atoms with van der Waals surface area (Å²) in [7, 11) is 1.40. The summed E-state index contributed by atoms with van der Waals surface area (Å²) in [5.41, 5.74) is 0.167. The summed E-state index contributed by atoms with van der Waals surface area (Å²) in [6, 6.07) is 10.4. The summed E-state index contributed by atoms with van der Waals surface area (Å²) < 4.78 is 46.0. The molecule has 0 aliphatic rings. The first-order chi connectivity index (χ1) is 15.2. The van der Waals surface area contributed by atoms with Gasteiger partial charge in [0, 0.05) is 17.0 Å². The molecule has 0 bridgehead atoms. The van der Waals surface area contributed by atoms with E-state index in [1.54, 1.807) is 18.2 Å². The van der Waals surface area contributed by atoms with Crippen molar-refractivity contribution in [2.75, 3.05) is 12.0 Å². The Labute approximate surface area is 185 Å². The molecule has 0 aliphatic carbocycles. The molecule has 174 valence electrons. The molecule has 0 saturated heterocycles. The monoisotopic (exact) mass is 452 g/mol. The number of anilines is 1. The van der Waals surface area contributed by atoms with Crippen molar-refractivity contribution in [1.29, 1.82) is 0 Å². The van der Waals surface area contributed by atoms with Gasteiger partial charge in [-0.3, -0.25) is 19.8 Å². The first-order valence-electron chi connectivity index (χ1n) is 10.4. The number of methoxy groups -OCH3 is 1. The zero-order valence-corrected chi connectivity index (χ0v) is 18.0. The van der Waals surface area contributed by atoms with Crippen molar-refractivity contribution in [1.82, 2.24) is 0 Å². The largest absolute Gasteiger partial charge is 0.497 e. The number of ether oxygens (including phenoxy) is 1. The molecule has 0 heterocycles. The predicted molar refractivity (Wildman–Crippen MR) is 115 cm³/mol. The number of alkyl halides is 3. The lowest BCUT2D eigenvalue weighted by molar-refractivity contribution is -0.527. The number of halogens is 3. The van der Waals surface area contributed by atoms with Crippen LogP contribution in [-0.4, -0.2) is 30.2 Å². The van der Waals surface area contributed by atoms with Gasteiger partial charge >= 0.3 is 12.1 Å². The normalized spacial score (nSPS) is 13.3. The maximum atomic E-state index is 13.6. The fourth-order valence-corrected chi connectivity index (χ4v) is 3.64. The molecule has 0 aromatic heterocycles. The lowest BCUT2D eigenvalue weighted by atomic mass is 9.92. The van der Waals surface area contributed by atoms with Crippen molar-refractivity contribution in [3.63, 3.8) is 0 Å². The van der Waals surface area contributed by atoms with E-state index in [1.807, 2.05) is 6.92 Å². The zero-order valence-electron chi connectivity index (χ0n) is 18.0. The van der Waals surface area contributed by atoms with E-state index in [-0.39, 0.29) is 17.7 Å². The lowest BCUT2D eigenvalue weighted by Crippen LogP contribution is -2.49. The summed E-state index contributed by atoms with van der Waals surface area (Å²) in [6.45, 7) is 1.99. The number of hydrogen-bond acceptors (Lipinski definition) is 4. The van der Waals surface area contributed by atoms with Crippen LogP contribution in [0.5, 0.6) is 5.75 Å². The first-order valence-corrected chi connectivity index (χ1v) is 10.4. The number of rotatable bonds is 11. The van der Waals surface area contributed by atoms with Crippen molar-refractivity contribution in [3.05, 3.63) is 70.3 Å². The molecule has 32 heavy (non-hydrogen) atoms. The Morgan fingerprint density at radius 2 is 1.69 bits per heavy atom. The topological polar surface area (TPSA) is 72.7 Å². The second kappa shape index (κ2) is 11.5. The van der Waals surface area contributed by atoms with E-state index in [2.05, 4.69) is 0 Å². The number of hydrogen-bond donors (Lipinski definition) is 0. The number of unbranched alkanes of at least 4 members (excludes halogenated alkanes) is 3. The van der Waals surface area contributed by atoms with Crippen molar-refractivity contribution in [2.45, 2.75) is 57.3 Å². The summed E-state index contributed by atoms with van der Waals surface area (Å²) in [4.78, 5) is 24.6. The van der Waals surface area contributed by atoms with Crippen LogP contribution in [-0.2, 0) is 4.79 Å². The summed E-state index contributed by atoms with van der Waals surface area (Å²) >= 11 is 0. The molecular weight excluding hydrogens is 425 g/mol. The quantitative estimate of drug-likeness (QED) is 0.240. The van der Waals surface area contributed by atoms with Crippen molar-refractivity contribution in [3.8, 4) is 5.75 Å². The van der Waals surface area contributed by atoms with Crippen LogP contribution in [0.25, 0.3) is 0 Å². The molecule has 0 aliphatic heterocycles. The van der Waals surface area contributed by atoms with Gasteiger partial charge in [0.15, 0.2) is 0 Å². The average molecular weight is 452 g/mol. The third-order valence-corrected chi connectivity index (χ3v) is 5.22. The molecule has 2 aromatic rings. The lowest BCUT2D eigenvalue weighted by Gasteiger charge is -2.34. The molecule has 0 N–H and O–H groups in total. The van der Waals surface area contributed by atoms with Crippen molar-refractivity contribution < 1.29 is 27.6 Å². The smallest absolute Gasteiger partial charge is 0.471 e. The SMILES string of the molecule is CCCCCC[C@@H]([C@@H](c1ccccc1)N(C(=O)C(F)(F)F)c1ccc(OC)cc1)[N+](=O)[O-]. The highest BCUT2D eigenvalue weighted by Crippen LogP contribution is 2.37. The van der Waals surface area contributed by atoms with Crippen LogP contribution in [0.3, 0.4) is 0 Å². The van der Waals surface area contributed by atoms with Gasteiger partial charge in [-0.2, -0.15) is 13.2 Å². The maximum Gasteiger partial charge on any atom is 0.471 e. The third kappa shape index (κ3) is 6.45. The second-order valence-electron chi connectivity index (χ2n) is 7.43.